The molecule has 0 aliphatic carbocycles. The first-order valence-electron chi connectivity index (χ1n) is 8.15. The topological polar surface area (TPSA) is 32.7 Å². The van der Waals surface area contributed by atoms with Crippen LogP contribution < -0.4 is 9.64 Å². The number of aromatic hydroxyl groups is 1. The molecule has 1 heterocycles. The minimum atomic E-state index is -0.196. The number of benzene rings is 2. The summed E-state index contributed by atoms with van der Waals surface area (Å²) in [5.74, 6) is 0.664. The highest BCUT2D eigenvalue weighted by molar-refractivity contribution is 5.62. The number of hydrogen-bond donors (Lipinski definition) is 1. The first kappa shape index (κ1) is 15.7. The van der Waals surface area contributed by atoms with Gasteiger partial charge in [-0.05, 0) is 30.2 Å². The maximum atomic E-state index is 13.9. The van der Waals surface area contributed by atoms with Crippen molar-refractivity contribution in [1.82, 2.24) is 0 Å². The number of phenolic OH excluding ortho intramolecular Hbond substituents is 1. The van der Waals surface area contributed by atoms with E-state index in [2.05, 4.69) is 11.8 Å². The maximum Gasteiger partial charge on any atom is 0.146 e. The van der Waals surface area contributed by atoms with Gasteiger partial charge in [0.25, 0.3) is 0 Å². The third-order valence-electron chi connectivity index (χ3n) is 4.19. The number of nitrogens with zero attached hydrogens (tertiary/aromatic N) is 1. The zero-order valence-corrected chi connectivity index (χ0v) is 13.3. The van der Waals surface area contributed by atoms with Crippen LogP contribution in [-0.2, 0) is 6.42 Å². The molecule has 3 rings (SSSR count). The Bertz CT molecular complexity index is 674. The Morgan fingerprint density at radius 2 is 2.09 bits per heavy atom. The number of hydrogen-bond acceptors (Lipinski definition) is 3. The summed E-state index contributed by atoms with van der Waals surface area (Å²) in [7, 11) is 0. The lowest BCUT2D eigenvalue weighted by Gasteiger charge is -2.36. The Kier molecular flexibility index (Phi) is 4.70. The molecule has 1 N–H and O–H groups in total. The number of phenols is 1. The lowest BCUT2D eigenvalue weighted by molar-refractivity contribution is 0.191. The van der Waals surface area contributed by atoms with Crippen LogP contribution in [0.4, 0.5) is 10.1 Å². The largest absolute Gasteiger partial charge is 0.508 e. The van der Waals surface area contributed by atoms with E-state index in [0.717, 1.165) is 31.6 Å². The average Bonchev–Trinajstić information content (AvgIpc) is 2.54. The fraction of sp³-hybridized carbons (Fsp3) is 0.368. The molecule has 0 bridgehead atoms. The van der Waals surface area contributed by atoms with Gasteiger partial charge in [0.1, 0.15) is 23.4 Å². The number of unbranched alkanes of at least 4 members (excludes halogenated alkanes) is 1. The standard InChI is InChI=1S/C19H22FNO2/c1-2-3-10-21-13-16(11-14-6-4-5-7-17(14)20)23-19-12-15(22)8-9-18(19)21/h4-9,12,16,22H,2-3,10-11,13H2,1H3. The summed E-state index contributed by atoms with van der Waals surface area (Å²) in [6, 6.07) is 12.0. The summed E-state index contributed by atoms with van der Waals surface area (Å²) >= 11 is 0. The Balaban J connectivity index is 1.82. The second-order valence-corrected chi connectivity index (χ2v) is 5.99. The minimum Gasteiger partial charge on any atom is -0.508 e. The molecule has 3 nitrogen and oxygen atoms in total. The fourth-order valence-corrected chi connectivity index (χ4v) is 3.00. The van der Waals surface area contributed by atoms with E-state index in [9.17, 15) is 9.50 Å². The van der Waals surface area contributed by atoms with Crippen LogP contribution in [0.25, 0.3) is 0 Å². The van der Waals surface area contributed by atoms with Crippen LogP contribution in [-0.4, -0.2) is 24.3 Å². The van der Waals surface area contributed by atoms with Crippen LogP contribution in [0.1, 0.15) is 25.3 Å². The van der Waals surface area contributed by atoms with Crippen molar-refractivity contribution >= 4 is 5.69 Å². The summed E-state index contributed by atoms with van der Waals surface area (Å²) in [5, 5.41) is 9.71. The van der Waals surface area contributed by atoms with E-state index in [1.165, 1.54) is 6.07 Å². The average molecular weight is 315 g/mol. The molecule has 2 aromatic carbocycles. The van der Waals surface area contributed by atoms with Crippen LogP contribution in [0, 0.1) is 5.82 Å². The van der Waals surface area contributed by atoms with Crippen molar-refractivity contribution in [3.05, 3.63) is 53.8 Å². The molecule has 1 aliphatic rings. The van der Waals surface area contributed by atoms with Gasteiger partial charge in [0.2, 0.25) is 0 Å². The van der Waals surface area contributed by atoms with E-state index in [-0.39, 0.29) is 17.7 Å². The lowest BCUT2D eigenvalue weighted by atomic mass is 10.0. The molecule has 0 saturated heterocycles. The van der Waals surface area contributed by atoms with E-state index in [4.69, 9.17) is 4.74 Å². The molecule has 0 aromatic heterocycles. The quantitative estimate of drug-likeness (QED) is 0.900. The number of anilines is 1. The molecule has 1 aliphatic heterocycles. The van der Waals surface area contributed by atoms with Crippen LogP contribution in [0.5, 0.6) is 11.5 Å². The lowest BCUT2D eigenvalue weighted by Crippen LogP contribution is -2.41. The Morgan fingerprint density at radius 3 is 2.87 bits per heavy atom. The van der Waals surface area contributed by atoms with Crippen molar-refractivity contribution < 1.29 is 14.2 Å². The molecule has 1 unspecified atom stereocenters. The van der Waals surface area contributed by atoms with Crippen molar-refractivity contribution in [2.45, 2.75) is 32.3 Å². The van der Waals surface area contributed by atoms with Crippen molar-refractivity contribution in [3.63, 3.8) is 0 Å². The van der Waals surface area contributed by atoms with Crippen molar-refractivity contribution in [3.8, 4) is 11.5 Å². The van der Waals surface area contributed by atoms with Gasteiger partial charge < -0.3 is 14.7 Å². The zero-order valence-electron chi connectivity index (χ0n) is 13.3. The summed E-state index contributed by atoms with van der Waals surface area (Å²) in [5.41, 5.74) is 1.66. The molecule has 0 amide bonds. The summed E-state index contributed by atoms with van der Waals surface area (Å²) < 4.78 is 19.9. The van der Waals surface area contributed by atoms with Gasteiger partial charge in [0.15, 0.2) is 0 Å². The first-order chi connectivity index (χ1) is 11.2. The second-order valence-electron chi connectivity index (χ2n) is 5.99. The van der Waals surface area contributed by atoms with Crippen LogP contribution in [0.15, 0.2) is 42.5 Å². The van der Waals surface area contributed by atoms with Crippen molar-refractivity contribution in [2.24, 2.45) is 0 Å². The Morgan fingerprint density at radius 1 is 1.26 bits per heavy atom. The number of fused-ring (bicyclic) bond motifs is 1. The second kappa shape index (κ2) is 6.90. The maximum absolute atomic E-state index is 13.9. The van der Waals surface area contributed by atoms with Gasteiger partial charge in [-0.2, -0.15) is 0 Å². The highest BCUT2D eigenvalue weighted by Crippen LogP contribution is 2.37. The predicted molar refractivity (Wildman–Crippen MR) is 89.7 cm³/mol. The van der Waals surface area contributed by atoms with E-state index >= 15 is 0 Å². The molecule has 23 heavy (non-hydrogen) atoms. The van der Waals surface area contributed by atoms with Crippen LogP contribution >= 0.6 is 0 Å². The highest BCUT2D eigenvalue weighted by Gasteiger charge is 2.26. The third-order valence-corrected chi connectivity index (χ3v) is 4.19. The van der Waals surface area contributed by atoms with Gasteiger partial charge in [-0.1, -0.05) is 31.5 Å². The van der Waals surface area contributed by atoms with Gasteiger partial charge in [-0.15, -0.1) is 0 Å². The van der Waals surface area contributed by atoms with Gasteiger partial charge in [0, 0.05) is 19.0 Å². The van der Waals surface area contributed by atoms with Gasteiger partial charge in [0.05, 0.1) is 12.2 Å². The monoisotopic (exact) mass is 315 g/mol. The predicted octanol–water partition coefficient (Wildman–Crippen LogP) is 4.14. The Hall–Kier alpha value is -2.23. The van der Waals surface area contributed by atoms with Gasteiger partial charge in [-0.3, -0.25) is 0 Å². The van der Waals surface area contributed by atoms with Gasteiger partial charge >= 0.3 is 0 Å². The molecule has 0 fully saturated rings. The van der Waals surface area contributed by atoms with E-state index in [1.807, 2.05) is 12.1 Å². The molecule has 1 atom stereocenters. The fourth-order valence-electron chi connectivity index (χ4n) is 3.00. The highest BCUT2D eigenvalue weighted by atomic mass is 19.1. The molecule has 0 spiro atoms. The van der Waals surface area contributed by atoms with E-state index in [1.54, 1.807) is 24.3 Å². The number of rotatable bonds is 5. The van der Waals surface area contributed by atoms with Crippen LogP contribution in [0.3, 0.4) is 0 Å². The number of ether oxygens (including phenoxy) is 1. The van der Waals surface area contributed by atoms with Crippen LogP contribution in [0.2, 0.25) is 0 Å². The van der Waals surface area contributed by atoms with E-state index < -0.39 is 0 Å². The smallest absolute Gasteiger partial charge is 0.146 e. The molecular weight excluding hydrogens is 293 g/mol. The van der Waals surface area contributed by atoms with Crippen molar-refractivity contribution in [2.75, 3.05) is 18.0 Å². The molecule has 2 aromatic rings. The summed E-state index contributed by atoms with van der Waals surface area (Å²) in [6.07, 6.45) is 2.60. The molecule has 122 valence electrons. The first-order valence-corrected chi connectivity index (χ1v) is 8.15. The number of halogens is 1. The normalized spacial score (nSPS) is 16.8. The zero-order chi connectivity index (χ0) is 16.2. The molecule has 4 heteroatoms. The Labute approximate surface area is 136 Å². The molecular formula is C19H22FNO2. The summed E-state index contributed by atoms with van der Waals surface area (Å²) in [4.78, 5) is 2.27. The SMILES string of the molecule is CCCCN1CC(Cc2ccccc2F)Oc2cc(O)ccc21. The van der Waals surface area contributed by atoms with Crippen molar-refractivity contribution in [1.29, 1.82) is 0 Å². The summed E-state index contributed by atoms with van der Waals surface area (Å²) in [6.45, 7) is 3.83. The molecule has 0 radical (unpaired) electrons. The third kappa shape index (κ3) is 3.58. The minimum absolute atomic E-state index is 0.127. The van der Waals surface area contributed by atoms with E-state index in [0.29, 0.717) is 17.7 Å². The van der Waals surface area contributed by atoms with Gasteiger partial charge in [-0.25, -0.2) is 4.39 Å². The molecule has 0 saturated carbocycles.